The summed E-state index contributed by atoms with van der Waals surface area (Å²) in [4.78, 5) is 32.5. The van der Waals surface area contributed by atoms with Crippen molar-refractivity contribution in [2.24, 2.45) is 0 Å². The molecule has 4 aromatic rings. The molecule has 0 atom stereocenters. The van der Waals surface area contributed by atoms with E-state index in [1.165, 1.54) is 5.56 Å². The summed E-state index contributed by atoms with van der Waals surface area (Å²) < 4.78 is 42.0. The summed E-state index contributed by atoms with van der Waals surface area (Å²) in [6.45, 7) is 4.06. The van der Waals surface area contributed by atoms with Gasteiger partial charge in [-0.05, 0) is 48.7 Å². The van der Waals surface area contributed by atoms with E-state index >= 15 is 0 Å². The first-order chi connectivity index (χ1) is 16.9. The van der Waals surface area contributed by atoms with Crippen LogP contribution in [0, 0.1) is 6.92 Å². The summed E-state index contributed by atoms with van der Waals surface area (Å²) >= 11 is 0. The zero-order chi connectivity index (χ0) is 28.3. The number of aryl methyl sites for hydroxylation is 2. The highest BCUT2D eigenvalue weighted by molar-refractivity contribution is 7.79. The molecule has 2 aromatic heterocycles. The molecule has 5 N–H and O–H groups in total. The molecule has 0 aliphatic carbocycles. The number of carbonyl (C=O) groups excluding carboxylic acids is 4. The van der Waals surface area contributed by atoms with Gasteiger partial charge in [-0.1, -0.05) is 6.92 Å². The first kappa shape index (κ1) is 33.9. The average Bonchev–Trinajstić information content (AvgIpc) is 3.38. The first-order valence-corrected chi connectivity index (χ1v) is 10.8. The molecular formula is C22H24O13S. The third-order valence-corrected chi connectivity index (χ3v) is 3.77. The SMILES string of the molecule is CCc1coc2cc(O)ccc12.CO.Cc1coc2cc(O)ccc12.O=C=O.O=C=O.O=S(=O)(O)O. The zero-order valence-corrected chi connectivity index (χ0v) is 20.1. The van der Waals surface area contributed by atoms with Crippen LogP contribution >= 0.6 is 0 Å². The summed E-state index contributed by atoms with van der Waals surface area (Å²) in [5, 5.41) is 27.4. The minimum absolute atomic E-state index is 0.242. The number of furan rings is 2. The topological polar surface area (TPSA) is 230 Å². The number of benzene rings is 2. The summed E-state index contributed by atoms with van der Waals surface area (Å²) in [7, 11) is -3.67. The van der Waals surface area contributed by atoms with Crippen LogP contribution in [-0.2, 0) is 36.0 Å². The van der Waals surface area contributed by atoms with Crippen molar-refractivity contribution in [2.75, 3.05) is 7.11 Å². The van der Waals surface area contributed by atoms with Gasteiger partial charge in [0.05, 0.1) is 12.5 Å². The summed E-state index contributed by atoms with van der Waals surface area (Å²) in [5.41, 5.74) is 3.78. The molecule has 36 heavy (non-hydrogen) atoms. The van der Waals surface area contributed by atoms with E-state index in [9.17, 15) is 0 Å². The lowest BCUT2D eigenvalue weighted by Gasteiger charge is -1.92. The highest BCUT2D eigenvalue weighted by atomic mass is 32.3. The van der Waals surface area contributed by atoms with Gasteiger partial charge >= 0.3 is 22.7 Å². The number of phenolic OH excluding ortho intramolecular Hbond substituents is 2. The van der Waals surface area contributed by atoms with E-state index < -0.39 is 10.4 Å². The second-order valence-electron chi connectivity index (χ2n) is 6.01. The quantitative estimate of drug-likeness (QED) is 0.224. The van der Waals surface area contributed by atoms with Gasteiger partial charge in [0.2, 0.25) is 0 Å². The largest absolute Gasteiger partial charge is 0.508 e. The molecule has 0 saturated heterocycles. The minimum atomic E-state index is -4.67. The van der Waals surface area contributed by atoms with Gasteiger partial charge in [0.25, 0.3) is 0 Å². The number of phenols is 2. The van der Waals surface area contributed by atoms with E-state index in [1.54, 1.807) is 36.8 Å². The van der Waals surface area contributed by atoms with Crippen LogP contribution < -0.4 is 0 Å². The Morgan fingerprint density at radius 1 is 0.778 bits per heavy atom. The lowest BCUT2D eigenvalue weighted by Crippen LogP contribution is -1.89. The van der Waals surface area contributed by atoms with E-state index in [-0.39, 0.29) is 23.8 Å². The van der Waals surface area contributed by atoms with Crippen LogP contribution in [0.4, 0.5) is 0 Å². The lowest BCUT2D eigenvalue weighted by atomic mass is 10.1. The molecular weight excluding hydrogens is 504 g/mol. The van der Waals surface area contributed by atoms with Gasteiger partial charge in [-0.2, -0.15) is 27.6 Å². The number of hydrogen-bond donors (Lipinski definition) is 5. The van der Waals surface area contributed by atoms with Gasteiger partial charge in [-0.3, -0.25) is 9.11 Å². The number of rotatable bonds is 1. The molecule has 0 aliphatic rings. The normalized spacial score (nSPS) is 9.06. The van der Waals surface area contributed by atoms with Gasteiger partial charge < -0.3 is 24.2 Å². The molecule has 196 valence electrons. The number of fused-ring (bicyclic) bond motifs is 2. The van der Waals surface area contributed by atoms with E-state index in [0.29, 0.717) is 0 Å². The van der Waals surface area contributed by atoms with E-state index in [2.05, 4.69) is 6.92 Å². The molecule has 0 unspecified atom stereocenters. The second kappa shape index (κ2) is 18.1. The van der Waals surface area contributed by atoms with Crippen molar-refractivity contribution < 1.29 is 60.9 Å². The summed E-state index contributed by atoms with van der Waals surface area (Å²) in [6, 6.07) is 10.3. The van der Waals surface area contributed by atoms with Crippen molar-refractivity contribution in [1.82, 2.24) is 0 Å². The molecule has 13 nitrogen and oxygen atoms in total. The van der Waals surface area contributed by atoms with E-state index in [1.807, 2.05) is 19.1 Å². The predicted octanol–water partition coefficient (Wildman–Crippen LogP) is 2.94. The Labute approximate surface area is 204 Å². The van der Waals surface area contributed by atoms with Crippen LogP contribution in [0.1, 0.15) is 18.1 Å². The van der Waals surface area contributed by atoms with Crippen LogP contribution in [-0.4, -0.2) is 52.3 Å². The van der Waals surface area contributed by atoms with E-state index in [0.717, 1.165) is 41.0 Å². The van der Waals surface area contributed by atoms with Crippen molar-refractivity contribution in [1.29, 1.82) is 0 Å². The monoisotopic (exact) mass is 528 g/mol. The Bertz CT molecular complexity index is 1340. The Morgan fingerprint density at radius 2 is 1.14 bits per heavy atom. The van der Waals surface area contributed by atoms with Crippen molar-refractivity contribution >= 4 is 44.6 Å². The molecule has 2 aromatic carbocycles. The van der Waals surface area contributed by atoms with Crippen molar-refractivity contribution in [2.45, 2.75) is 20.3 Å². The Kier molecular flexibility index (Phi) is 17.0. The third-order valence-electron chi connectivity index (χ3n) is 3.77. The number of aromatic hydroxyl groups is 2. The van der Waals surface area contributed by atoms with Gasteiger partial charge in [-0.15, -0.1) is 0 Å². The van der Waals surface area contributed by atoms with Crippen LogP contribution in [0.15, 0.2) is 57.8 Å². The maximum absolute atomic E-state index is 9.15. The molecule has 0 bridgehead atoms. The average molecular weight is 528 g/mol. The maximum atomic E-state index is 9.15. The van der Waals surface area contributed by atoms with Crippen molar-refractivity contribution in [3.8, 4) is 11.5 Å². The zero-order valence-electron chi connectivity index (χ0n) is 19.2. The van der Waals surface area contributed by atoms with Gasteiger partial charge in [-0.25, -0.2) is 0 Å². The Hall–Kier alpha value is -4.29. The molecule has 0 radical (unpaired) electrons. The van der Waals surface area contributed by atoms with Gasteiger partial charge in [0.1, 0.15) is 22.7 Å². The fraction of sp³-hybridized carbons (Fsp3) is 0.182. The van der Waals surface area contributed by atoms with Crippen LogP contribution in [0.5, 0.6) is 11.5 Å². The molecule has 0 spiro atoms. The first-order valence-electron chi connectivity index (χ1n) is 9.40. The van der Waals surface area contributed by atoms with Gasteiger partial charge in [0.15, 0.2) is 0 Å². The highest BCUT2D eigenvalue weighted by Crippen LogP contribution is 2.25. The third kappa shape index (κ3) is 14.1. The minimum Gasteiger partial charge on any atom is -0.508 e. The van der Waals surface area contributed by atoms with E-state index in [4.69, 9.17) is 60.9 Å². The predicted molar refractivity (Wildman–Crippen MR) is 122 cm³/mol. The molecule has 14 heteroatoms. The lowest BCUT2D eigenvalue weighted by molar-refractivity contribution is -0.193. The summed E-state index contributed by atoms with van der Waals surface area (Å²) in [5.74, 6) is 0.492. The summed E-state index contributed by atoms with van der Waals surface area (Å²) in [6.07, 6.45) is 4.88. The molecule has 4 rings (SSSR count). The van der Waals surface area contributed by atoms with Gasteiger partial charge in [0, 0.05) is 30.0 Å². The molecule has 0 fully saturated rings. The van der Waals surface area contributed by atoms with Crippen LogP contribution in [0.25, 0.3) is 21.9 Å². The number of aliphatic hydroxyl groups is 1. The van der Waals surface area contributed by atoms with Crippen molar-refractivity contribution in [3.63, 3.8) is 0 Å². The standard InChI is InChI=1S/C10H10O2.C9H8O2.2CO2.CH4O.H2O4S/c1-2-7-6-12-10-5-8(11)3-4-9(7)10;1-6-5-11-9-4-7(10)2-3-8(6)9;2*2-1-3;1-2;1-5(2,3)4/h3-6,11H,2H2,1H3;2-5,10H,1H3;;;2H,1H3;(H2,1,2,3,4). The van der Waals surface area contributed by atoms with Crippen LogP contribution in [0.3, 0.4) is 0 Å². The fourth-order valence-corrected chi connectivity index (χ4v) is 2.50. The Morgan fingerprint density at radius 3 is 1.56 bits per heavy atom. The number of hydrogen-bond acceptors (Lipinski definition) is 11. The molecule has 0 saturated carbocycles. The van der Waals surface area contributed by atoms with Crippen LogP contribution in [0.2, 0.25) is 0 Å². The Balaban J connectivity index is 0. The smallest absolute Gasteiger partial charge is 0.394 e. The molecule has 0 aliphatic heterocycles. The van der Waals surface area contributed by atoms with Crippen molar-refractivity contribution in [3.05, 3.63) is 60.1 Å². The maximum Gasteiger partial charge on any atom is 0.394 e. The fourth-order valence-electron chi connectivity index (χ4n) is 2.50. The second-order valence-corrected chi connectivity index (χ2v) is 6.90. The molecule has 2 heterocycles. The molecule has 0 amide bonds. The number of aliphatic hydroxyl groups excluding tert-OH is 1. The highest BCUT2D eigenvalue weighted by Gasteiger charge is 2.03.